The third-order valence-electron chi connectivity index (χ3n) is 4.03. The molecule has 1 aliphatic rings. The number of anilines is 1. The maximum Gasteiger partial charge on any atom is 0.228 e. The van der Waals surface area contributed by atoms with E-state index in [2.05, 4.69) is 27.3 Å². The molecule has 7 heteroatoms. The highest BCUT2D eigenvalue weighted by Gasteiger charge is 2.21. The zero-order valence-electron chi connectivity index (χ0n) is 12.5. The molecule has 21 heavy (non-hydrogen) atoms. The van der Waals surface area contributed by atoms with Gasteiger partial charge in [-0.15, -0.1) is 0 Å². The molecule has 2 aromatic heterocycles. The molecule has 1 aliphatic carbocycles. The van der Waals surface area contributed by atoms with E-state index < -0.39 is 0 Å². The highest BCUT2D eigenvalue weighted by atomic mass is 32.2. The third-order valence-corrected chi connectivity index (χ3v) is 4.58. The Labute approximate surface area is 128 Å². The highest BCUT2D eigenvalue weighted by molar-refractivity contribution is 7.98. The first kappa shape index (κ1) is 14.6. The van der Waals surface area contributed by atoms with E-state index in [0.29, 0.717) is 6.04 Å². The third kappa shape index (κ3) is 2.98. The van der Waals surface area contributed by atoms with Crippen molar-refractivity contribution < 1.29 is 0 Å². The number of hydrogen-bond acceptors (Lipinski definition) is 6. The van der Waals surface area contributed by atoms with Gasteiger partial charge >= 0.3 is 0 Å². The van der Waals surface area contributed by atoms with E-state index in [9.17, 15) is 0 Å². The Morgan fingerprint density at radius 1 is 1.43 bits per heavy atom. The van der Waals surface area contributed by atoms with Gasteiger partial charge in [-0.2, -0.15) is 14.6 Å². The molecule has 2 atom stereocenters. The molecule has 1 fully saturated rings. The molecule has 6 nitrogen and oxygen atoms in total. The number of fused-ring (bicyclic) bond motifs is 1. The first-order chi connectivity index (χ1) is 10.2. The average molecular weight is 306 g/mol. The number of nitrogens with zero attached hydrogens (tertiary/aromatic N) is 4. The molecule has 0 saturated heterocycles. The van der Waals surface area contributed by atoms with Crippen LogP contribution in [0.3, 0.4) is 0 Å². The zero-order chi connectivity index (χ0) is 14.8. The van der Waals surface area contributed by atoms with E-state index in [1.165, 1.54) is 6.42 Å². The Kier molecular flexibility index (Phi) is 4.30. The maximum absolute atomic E-state index is 6.07. The maximum atomic E-state index is 6.07. The fraction of sp³-hybridized carbons (Fsp3) is 0.643. The summed E-state index contributed by atoms with van der Waals surface area (Å²) in [6, 6.07) is 0.660. The van der Waals surface area contributed by atoms with Crippen LogP contribution in [0.2, 0.25) is 0 Å². The van der Waals surface area contributed by atoms with Gasteiger partial charge in [-0.25, -0.2) is 4.98 Å². The first-order valence-electron chi connectivity index (χ1n) is 7.52. The second-order valence-corrected chi connectivity index (χ2v) is 6.33. The molecule has 2 unspecified atom stereocenters. The number of nitrogens with one attached hydrogen (secondary N) is 1. The summed E-state index contributed by atoms with van der Waals surface area (Å²) in [4.78, 5) is 9.17. The molecule has 2 heterocycles. The van der Waals surface area contributed by atoms with Gasteiger partial charge in [-0.05, 0) is 38.4 Å². The van der Waals surface area contributed by atoms with Crippen LogP contribution in [0.5, 0.6) is 0 Å². The molecule has 0 radical (unpaired) electrons. The van der Waals surface area contributed by atoms with Crippen LogP contribution in [-0.2, 0) is 6.42 Å². The fourth-order valence-corrected chi connectivity index (χ4v) is 3.23. The van der Waals surface area contributed by atoms with E-state index in [1.54, 1.807) is 11.8 Å². The van der Waals surface area contributed by atoms with Crippen molar-refractivity contribution in [1.29, 1.82) is 0 Å². The van der Waals surface area contributed by atoms with Crippen LogP contribution in [-0.4, -0.2) is 37.9 Å². The van der Waals surface area contributed by atoms with Crippen molar-refractivity contribution in [2.24, 2.45) is 5.73 Å². The number of aryl methyl sites for hydroxylation is 1. The lowest BCUT2D eigenvalue weighted by Crippen LogP contribution is -2.35. The number of aromatic nitrogens is 4. The van der Waals surface area contributed by atoms with Gasteiger partial charge < -0.3 is 11.1 Å². The Morgan fingerprint density at radius 3 is 3.00 bits per heavy atom. The lowest BCUT2D eigenvalue weighted by atomic mass is 9.92. The van der Waals surface area contributed by atoms with Crippen LogP contribution in [0.15, 0.2) is 11.4 Å². The molecule has 3 rings (SSSR count). The lowest BCUT2D eigenvalue weighted by molar-refractivity contribution is 0.407. The van der Waals surface area contributed by atoms with E-state index in [4.69, 9.17) is 5.73 Å². The average Bonchev–Trinajstić information content (AvgIpc) is 2.90. The van der Waals surface area contributed by atoms with Gasteiger partial charge in [0.15, 0.2) is 10.8 Å². The van der Waals surface area contributed by atoms with Crippen LogP contribution in [0.1, 0.15) is 38.2 Å². The summed E-state index contributed by atoms with van der Waals surface area (Å²) in [6.45, 7) is 2.12. The predicted octanol–water partition coefficient (Wildman–Crippen LogP) is 2.09. The summed E-state index contributed by atoms with van der Waals surface area (Å²) in [5.74, 6) is 0.781. The fourth-order valence-electron chi connectivity index (χ4n) is 2.88. The van der Waals surface area contributed by atoms with Crippen molar-refractivity contribution in [3.63, 3.8) is 0 Å². The molecule has 0 amide bonds. The lowest BCUT2D eigenvalue weighted by Gasteiger charge is -2.27. The van der Waals surface area contributed by atoms with Gasteiger partial charge in [0.2, 0.25) is 5.95 Å². The van der Waals surface area contributed by atoms with Crippen LogP contribution in [0, 0.1) is 0 Å². The standard InChI is InChI=1S/C14H22N6S/c1-3-9-8-16-20-12(9)18-14(21-2)19-13(20)17-11-6-4-5-10(15)7-11/h8,10-11H,3-7,15H2,1-2H3,(H,17,18,19). The highest BCUT2D eigenvalue weighted by Crippen LogP contribution is 2.23. The Bertz CT molecular complexity index is 625. The summed E-state index contributed by atoms with van der Waals surface area (Å²) in [5, 5.41) is 8.74. The van der Waals surface area contributed by atoms with Crippen molar-refractivity contribution in [3.05, 3.63) is 11.8 Å². The molecule has 114 valence electrons. The van der Waals surface area contributed by atoms with Crippen molar-refractivity contribution in [2.75, 3.05) is 11.6 Å². The first-order valence-corrected chi connectivity index (χ1v) is 8.74. The van der Waals surface area contributed by atoms with E-state index in [1.807, 2.05) is 17.0 Å². The van der Waals surface area contributed by atoms with Gasteiger partial charge in [0.05, 0.1) is 6.20 Å². The Morgan fingerprint density at radius 2 is 2.29 bits per heavy atom. The normalized spacial score (nSPS) is 22.6. The molecule has 3 N–H and O–H groups in total. The van der Waals surface area contributed by atoms with Crippen molar-refractivity contribution in [2.45, 2.75) is 56.3 Å². The minimum absolute atomic E-state index is 0.289. The van der Waals surface area contributed by atoms with Crippen LogP contribution >= 0.6 is 11.8 Å². The molecule has 1 saturated carbocycles. The van der Waals surface area contributed by atoms with Gasteiger partial charge in [0, 0.05) is 17.6 Å². The summed E-state index contributed by atoms with van der Waals surface area (Å²) in [7, 11) is 0. The van der Waals surface area contributed by atoms with E-state index in [-0.39, 0.29) is 6.04 Å². The quantitative estimate of drug-likeness (QED) is 0.842. The minimum atomic E-state index is 0.289. The van der Waals surface area contributed by atoms with Crippen LogP contribution in [0.25, 0.3) is 5.65 Å². The smallest absolute Gasteiger partial charge is 0.228 e. The number of hydrogen-bond donors (Lipinski definition) is 2. The second kappa shape index (κ2) is 6.19. The van der Waals surface area contributed by atoms with Crippen LogP contribution < -0.4 is 11.1 Å². The second-order valence-electron chi connectivity index (χ2n) is 5.56. The summed E-state index contributed by atoms with van der Waals surface area (Å²) in [6.07, 6.45) is 9.21. The molecule has 0 aromatic carbocycles. The Balaban J connectivity index is 1.94. The topological polar surface area (TPSA) is 81.1 Å². The monoisotopic (exact) mass is 306 g/mol. The molecule has 0 aliphatic heterocycles. The minimum Gasteiger partial charge on any atom is -0.351 e. The van der Waals surface area contributed by atoms with E-state index >= 15 is 0 Å². The molecule has 0 spiro atoms. The summed E-state index contributed by atoms with van der Waals surface area (Å²) >= 11 is 1.55. The summed E-state index contributed by atoms with van der Waals surface area (Å²) < 4.78 is 1.82. The van der Waals surface area contributed by atoms with Crippen molar-refractivity contribution in [3.8, 4) is 0 Å². The van der Waals surface area contributed by atoms with Gasteiger partial charge in [-0.1, -0.05) is 18.7 Å². The number of nitrogens with two attached hydrogens (primary N) is 1. The van der Waals surface area contributed by atoms with Gasteiger partial charge in [0.25, 0.3) is 0 Å². The zero-order valence-corrected chi connectivity index (χ0v) is 13.4. The van der Waals surface area contributed by atoms with Crippen molar-refractivity contribution >= 4 is 23.4 Å². The molecule has 0 bridgehead atoms. The Hall–Kier alpha value is -1.34. The number of thioether (sulfide) groups is 1. The SMILES string of the molecule is CCc1cnn2c(NC3CCCC(N)C3)nc(SC)nc12. The molecule has 2 aromatic rings. The molecular weight excluding hydrogens is 284 g/mol. The number of rotatable bonds is 4. The van der Waals surface area contributed by atoms with Gasteiger partial charge in [0.1, 0.15) is 0 Å². The molecular formula is C14H22N6S. The van der Waals surface area contributed by atoms with E-state index in [0.717, 1.165) is 48.0 Å². The van der Waals surface area contributed by atoms with Crippen LogP contribution in [0.4, 0.5) is 5.95 Å². The summed E-state index contributed by atoms with van der Waals surface area (Å²) in [5.41, 5.74) is 8.13. The van der Waals surface area contributed by atoms with Gasteiger partial charge in [-0.3, -0.25) is 0 Å². The predicted molar refractivity (Wildman–Crippen MR) is 85.8 cm³/mol. The largest absolute Gasteiger partial charge is 0.351 e. The van der Waals surface area contributed by atoms with Crippen molar-refractivity contribution in [1.82, 2.24) is 19.6 Å².